The van der Waals surface area contributed by atoms with Crippen molar-refractivity contribution in [2.75, 3.05) is 24.4 Å². The molecule has 0 amide bonds. The Morgan fingerprint density at radius 1 is 1.16 bits per heavy atom. The summed E-state index contributed by atoms with van der Waals surface area (Å²) in [4.78, 5) is 13.8. The number of hydrogen-bond acceptors (Lipinski definition) is 7. The van der Waals surface area contributed by atoms with Gasteiger partial charge in [0.2, 0.25) is 11.9 Å². The van der Waals surface area contributed by atoms with Gasteiger partial charge >= 0.3 is 6.01 Å². The number of hydrogen-bond donors (Lipinski definition) is 2. The summed E-state index contributed by atoms with van der Waals surface area (Å²) >= 11 is 0. The third kappa shape index (κ3) is 3.26. The van der Waals surface area contributed by atoms with Crippen LogP contribution in [0.2, 0.25) is 0 Å². The minimum Gasteiger partial charge on any atom is -0.424 e. The highest BCUT2D eigenvalue weighted by atomic mass is 19.1. The molecule has 0 aliphatic heterocycles. The van der Waals surface area contributed by atoms with Crippen molar-refractivity contribution >= 4 is 11.9 Å². The van der Waals surface area contributed by atoms with Gasteiger partial charge in [0.05, 0.1) is 0 Å². The average molecular weight is 264 g/mol. The molecule has 0 fully saturated rings. The topological polar surface area (TPSA) is 89.2 Å². The Morgan fingerprint density at radius 2 is 1.84 bits per heavy atom. The van der Waals surface area contributed by atoms with E-state index in [1.807, 2.05) is 0 Å². The van der Waals surface area contributed by atoms with E-state index in [0.717, 1.165) is 0 Å². The smallest absolute Gasteiger partial charge is 0.328 e. The Hall–Kier alpha value is -2.48. The second-order valence-electron chi connectivity index (χ2n) is 3.84. The average Bonchev–Trinajstić information content (AvgIpc) is 2.41. The van der Waals surface area contributed by atoms with Gasteiger partial charge in [0.15, 0.2) is 0 Å². The first-order chi connectivity index (χ1) is 9.08. The van der Waals surface area contributed by atoms with Gasteiger partial charge < -0.3 is 9.64 Å². The number of nitrogens with two attached hydrogens (primary N) is 1. The molecule has 0 unspecified atom stereocenters. The highest BCUT2D eigenvalue weighted by Crippen LogP contribution is 2.20. The van der Waals surface area contributed by atoms with E-state index in [1.165, 1.54) is 24.3 Å². The van der Waals surface area contributed by atoms with Gasteiger partial charge in [-0.2, -0.15) is 15.0 Å². The first-order valence-corrected chi connectivity index (χ1v) is 5.42. The monoisotopic (exact) mass is 264 g/mol. The first kappa shape index (κ1) is 13.0. The highest BCUT2D eigenvalue weighted by Gasteiger charge is 2.09. The maximum Gasteiger partial charge on any atom is 0.328 e. The van der Waals surface area contributed by atoms with E-state index >= 15 is 0 Å². The molecule has 2 aromatic rings. The van der Waals surface area contributed by atoms with Crippen LogP contribution in [0, 0.1) is 5.82 Å². The molecule has 1 heterocycles. The molecule has 8 heteroatoms. The van der Waals surface area contributed by atoms with E-state index in [4.69, 9.17) is 10.6 Å². The number of halogens is 1. The van der Waals surface area contributed by atoms with Crippen molar-refractivity contribution < 1.29 is 9.13 Å². The lowest BCUT2D eigenvalue weighted by Crippen LogP contribution is -2.17. The van der Waals surface area contributed by atoms with Gasteiger partial charge in [-0.1, -0.05) is 0 Å². The first-order valence-electron chi connectivity index (χ1n) is 5.42. The zero-order valence-corrected chi connectivity index (χ0v) is 10.5. The second kappa shape index (κ2) is 5.44. The molecule has 0 saturated carbocycles. The van der Waals surface area contributed by atoms with Gasteiger partial charge in [-0.25, -0.2) is 10.2 Å². The van der Waals surface area contributed by atoms with Gasteiger partial charge in [-0.15, -0.1) is 0 Å². The fourth-order valence-corrected chi connectivity index (χ4v) is 1.26. The van der Waals surface area contributed by atoms with E-state index in [1.54, 1.807) is 19.0 Å². The number of nitrogen functional groups attached to an aromatic ring is 1. The number of anilines is 2. The van der Waals surface area contributed by atoms with E-state index in [0.29, 0.717) is 11.7 Å². The molecule has 1 aromatic heterocycles. The summed E-state index contributed by atoms with van der Waals surface area (Å²) in [5, 5.41) is 0. The number of hydrazine groups is 1. The standard InChI is InChI=1S/C11H13FN6O/c1-18(2)10-14-9(17-13)15-11(16-10)19-8-5-3-7(12)4-6-8/h3-6H,13H2,1-2H3,(H,14,15,16,17). The Bertz CT molecular complexity index is 560. The van der Waals surface area contributed by atoms with Crippen LogP contribution in [0.15, 0.2) is 24.3 Å². The zero-order chi connectivity index (χ0) is 13.8. The number of ether oxygens (including phenoxy) is 1. The van der Waals surface area contributed by atoms with Crippen LogP contribution in [0.5, 0.6) is 11.8 Å². The Kier molecular flexibility index (Phi) is 3.71. The fraction of sp³-hybridized carbons (Fsp3) is 0.182. The minimum absolute atomic E-state index is 0.0678. The normalized spacial score (nSPS) is 10.1. The predicted octanol–water partition coefficient (Wildman–Crippen LogP) is 1.15. The maximum absolute atomic E-state index is 12.8. The van der Waals surface area contributed by atoms with E-state index in [2.05, 4.69) is 20.4 Å². The van der Waals surface area contributed by atoms with Crippen molar-refractivity contribution in [3.63, 3.8) is 0 Å². The maximum atomic E-state index is 12.8. The van der Waals surface area contributed by atoms with Gasteiger partial charge in [-0.3, -0.25) is 5.43 Å². The fourth-order valence-electron chi connectivity index (χ4n) is 1.26. The van der Waals surface area contributed by atoms with Crippen LogP contribution in [-0.4, -0.2) is 29.0 Å². The van der Waals surface area contributed by atoms with Crippen LogP contribution < -0.4 is 20.9 Å². The van der Waals surface area contributed by atoms with Crippen molar-refractivity contribution in [1.82, 2.24) is 15.0 Å². The predicted molar refractivity (Wildman–Crippen MR) is 68.4 cm³/mol. The molecule has 0 bridgehead atoms. The quantitative estimate of drug-likeness (QED) is 0.632. The summed E-state index contributed by atoms with van der Waals surface area (Å²) in [7, 11) is 3.55. The van der Waals surface area contributed by atoms with Crippen molar-refractivity contribution in [1.29, 1.82) is 0 Å². The molecular formula is C11H13FN6O. The number of rotatable bonds is 4. The van der Waals surface area contributed by atoms with Crippen LogP contribution in [0.25, 0.3) is 0 Å². The molecular weight excluding hydrogens is 251 g/mol. The van der Waals surface area contributed by atoms with E-state index < -0.39 is 0 Å². The third-order valence-corrected chi connectivity index (χ3v) is 2.15. The Labute approximate surface area is 109 Å². The van der Waals surface area contributed by atoms with E-state index in [-0.39, 0.29) is 17.8 Å². The van der Waals surface area contributed by atoms with Crippen molar-refractivity contribution in [3.8, 4) is 11.8 Å². The van der Waals surface area contributed by atoms with Crippen LogP contribution in [0.1, 0.15) is 0 Å². The molecule has 0 radical (unpaired) electrons. The summed E-state index contributed by atoms with van der Waals surface area (Å²) < 4.78 is 18.2. The molecule has 1 aromatic carbocycles. The molecule has 7 nitrogen and oxygen atoms in total. The molecule has 0 aliphatic rings. The van der Waals surface area contributed by atoms with Crippen molar-refractivity contribution in [2.45, 2.75) is 0 Å². The summed E-state index contributed by atoms with van der Waals surface area (Å²) in [6.07, 6.45) is 0. The lowest BCUT2D eigenvalue weighted by Gasteiger charge is -2.12. The Balaban J connectivity index is 2.28. The minimum atomic E-state index is -0.346. The van der Waals surface area contributed by atoms with Gasteiger partial charge in [-0.05, 0) is 24.3 Å². The summed E-state index contributed by atoms with van der Waals surface area (Å²) in [6, 6.07) is 5.59. The van der Waals surface area contributed by atoms with Gasteiger partial charge in [0.25, 0.3) is 0 Å². The Morgan fingerprint density at radius 3 is 2.42 bits per heavy atom. The highest BCUT2D eigenvalue weighted by molar-refractivity contribution is 5.37. The lowest BCUT2D eigenvalue weighted by molar-refractivity contribution is 0.439. The molecule has 100 valence electrons. The van der Waals surface area contributed by atoms with Crippen LogP contribution in [-0.2, 0) is 0 Å². The number of aromatic nitrogens is 3. The molecule has 0 aliphatic carbocycles. The molecule has 19 heavy (non-hydrogen) atoms. The summed E-state index contributed by atoms with van der Waals surface area (Å²) in [5.74, 6) is 5.91. The van der Waals surface area contributed by atoms with Crippen LogP contribution >= 0.6 is 0 Å². The number of nitrogens with zero attached hydrogens (tertiary/aromatic N) is 4. The number of benzene rings is 1. The molecule has 0 atom stereocenters. The summed E-state index contributed by atoms with van der Waals surface area (Å²) in [6.45, 7) is 0. The SMILES string of the molecule is CN(C)c1nc(NN)nc(Oc2ccc(F)cc2)n1. The van der Waals surface area contributed by atoms with Gasteiger partial charge in [0.1, 0.15) is 11.6 Å². The molecule has 2 rings (SSSR count). The molecule has 0 spiro atoms. The largest absolute Gasteiger partial charge is 0.424 e. The van der Waals surface area contributed by atoms with E-state index in [9.17, 15) is 4.39 Å². The van der Waals surface area contributed by atoms with Crippen LogP contribution in [0.4, 0.5) is 16.3 Å². The van der Waals surface area contributed by atoms with Crippen molar-refractivity contribution in [3.05, 3.63) is 30.1 Å². The van der Waals surface area contributed by atoms with Crippen LogP contribution in [0.3, 0.4) is 0 Å². The molecule has 0 saturated heterocycles. The van der Waals surface area contributed by atoms with Gasteiger partial charge in [0, 0.05) is 14.1 Å². The summed E-state index contributed by atoms with van der Waals surface area (Å²) in [5.41, 5.74) is 2.33. The second-order valence-corrected chi connectivity index (χ2v) is 3.84. The zero-order valence-electron chi connectivity index (χ0n) is 10.5. The van der Waals surface area contributed by atoms with Crippen molar-refractivity contribution in [2.24, 2.45) is 5.84 Å². The third-order valence-electron chi connectivity index (χ3n) is 2.15. The number of nitrogens with one attached hydrogen (secondary N) is 1. The molecule has 3 N–H and O–H groups in total. The lowest BCUT2D eigenvalue weighted by atomic mass is 10.3.